The maximum absolute atomic E-state index is 10.2. The molecule has 15 heavy (non-hydrogen) atoms. The summed E-state index contributed by atoms with van der Waals surface area (Å²) in [6, 6.07) is 4.14. The molecule has 1 fully saturated rings. The van der Waals surface area contributed by atoms with Crippen molar-refractivity contribution in [3.63, 3.8) is 0 Å². The zero-order chi connectivity index (χ0) is 10.3. The van der Waals surface area contributed by atoms with E-state index in [1.54, 1.807) is 0 Å². The zero-order valence-corrected chi connectivity index (χ0v) is 8.89. The Morgan fingerprint density at radius 3 is 3.07 bits per heavy atom. The van der Waals surface area contributed by atoms with E-state index in [2.05, 4.69) is 11.1 Å². The van der Waals surface area contributed by atoms with Crippen LogP contribution in [0.2, 0.25) is 0 Å². The molecule has 0 aliphatic heterocycles. The number of aliphatic hydroxyl groups is 1. The van der Waals surface area contributed by atoms with Crippen molar-refractivity contribution in [1.82, 2.24) is 4.98 Å². The number of hydrogen-bond donors (Lipinski definition) is 1. The largest absolute Gasteiger partial charge is 0.392 e. The summed E-state index contributed by atoms with van der Waals surface area (Å²) in [7, 11) is 0. The van der Waals surface area contributed by atoms with E-state index in [4.69, 9.17) is 0 Å². The molecular weight excluding hydrogens is 186 g/mol. The highest BCUT2D eigenvalue weighted by Gasteiger charge is 2.33. The minimum atomic E-state index is -0.159. The summed E-state index contributed by atoms with van der Waals surface area (Å²) in [6.07, 6.45) is 7.49. The molecule has 2 unspecified atom stereocenters. The summed E-state index contributed by atoms with van der Waals surface area (Å²) in [5, 5.41) is 10.2. The van der Waals surface area contributed by atoms with Crippen LogP contribution in [0.25, 0.3) is 0 Å². The number of aryl methyl sites for hydroxylation is 1. The van der Waals surface area contributed by atoms with Gasteiger partial charge >= 0.3 is 0 Å². The van der Waals surface area contributed by atoms with E-state index < -0.39 is 0 Å². The maximum Gasteiger partial charge on any atom is 0.0626 e. The quantitative estimate of drug-likeness (QED) is 0.817. The molecule has 2 aliphatic carbocycles. The topological polar surface area (TPSA) is 33.1 Å². The Labute approximate surface area is 90.4 Å². The Morgan fingerprint density at radius 1 is 1.40 bits per heavy atom. The van der Waals surface area contributed by atoms with E-state index in [-0.39, 0.29) is 6.10 Å². The lowest BCUT2D eigenvalue weighted by Gasteiger charge is -2.17. The lowest BCUT2D eigenvalue weighted by molar-refractivity contribution is 0.125. The first-order valence-corrected chi connectivity index (χ1v) is 5.96. The van der Waals surface area contributed by atoms with Gasteiger partial charge in [0, 0.05) is 17.8 Å². The van der Waals surface area contributed by atoms with Crippen LogP contribution in [0, 0.1) is 5.92 Å². The van der Waals surface area contributed by atoms with E-state index >= 15 is 0 Å². The Hall–Kier alpha value is -0.890. The fraction of sp³-hybridized carbons (Fsp3) is 0.615. The molecule has 0 bridgehead atoms. The van der Waals surface area contributed by atoms with E-state index in [0.717, 1.165) is 30.9 Å². The number of aliphatic hydroxyl groups excluding tert-OH is 1. The number of fused-ring (bicyclic) bond motifs is 1. The second kappa shape index (κ2) is 3.60. The first-order chi connectivity index (χ1) is 7.34. The van der Waals surface area contributed by atoms with Crippen molar-refractivity contribution in [2.75, 3.05) is 0 Å². The summed E-state index contributed by atoms with van der Waals surface area (Å²) in [4.78, 5) is 4.43. The Kier molecular flexibility index (Phi) is 2.24. The minimum Gasteiger partial charge on any atom is -0.392 e. The van der Waals surface area contributed by atoms with Gasteiger partial charge in [-0.25, -0.2) is 0 Å². The number of aromatic nitrogens is 1. The molecule has 1 saturated carbocycles. The normalized spacial score (nSPS) is 26.3. The van der Waals surface area contributed by atoms with Crippen molar-refractivity contribution in [3.05, 3.63) is 29.6 Å². The number of rotatable bonds is 3. The molecule has 80 valence electrons. The summed E-state index contributed by atoms with van der Waals surface area (Å²) >= 11 is 0. The van der Waals surface area contributed by atoms with Crippen LogP contribution in [-0.2, 0) is 6.42 Å². The Bertz CT molecular complexity index is 359. The van der Waals surface area contributed by atoms with Crippen LogP contribution in [0.1, 0.15) is 42.9 Å². The highest BCUT2D eigenvalue weighted by molar-refractivity contribution is 5.29. The lowest BCUT2D eigenvalue weighted by Crippen LogP contribution is -2.17. The molecule has 2 nitrogen and oxygen atoms in total. The molecule has 2 heteroatoms. The van der Waals surface area contributed by atoms with Gasteiger partial charge in [0.15, 0.2) is 0 Å². The fourth-order valence-electron chi connectivity index (χ4n) is 2.68. The third kappa shape index (κ3) is 1.78. The van der Waals surface area contributed by atoms with Crippen molar-refractivity contribution < 1.29 is 5.11 Å². The third-order valence-corrected chi connectivity index (χ3v) is 3.74. The SMILES string of the molecule is OC(CC1CC1)C1CCc2cccnc21. The Balaban J connectivity index is 1.77. The molecule has 0 aromatic carbocycles. The number of hydrogen-bond acceptors (Lipinski definition) is 2. The van der Waals surface area contributed by atoms with Gasteiger partial charge in [-0.15, -0.1) is 0 Å². The van der Waals surface area contributed by atoms with E-state index in [1.165, 1.54) is 18.4 Å². The van der Waals surface area contributed by atoms with Gasteiger partial charge in [-0.1, -0.05) is 18.9 Å². The van der Waals surface area contributed by atoms with Crippen LogP contribution in [0.4, 0.5) is 0 Å². The van der Waals surface area contributed by atoms with Gasteiger partial charge < -0.3 is 5.11 Å². The summed E-state index contributed by atoms with van der Waals surface area (Å²) in [6.45, 7) is 0. The minimum absolute atomic E-state index is 0.159. The van der Waals surface area contributed by atoms with Crippen molar-refractivity contribution in [2.45, 2.75) is 44.1 Å². The monoisotopic (exact) mass is 203 g/mol. The van der Waals surface area contributed by atoms with Gasteiger partial charge in [0.2, 0.25) is 0 Å². The molecule has 1 heterocycles. The number of pyridine rings is 1. The number of nitrogens with zero attached hydrogens (tertiary/aromatic N) is 1. The van der Waals surface area contributed by atoms with Gasteiger partial charge in [-0.3, -0.25) is 4.98 Å². The summed E-state index contributed by atoms with van der Waals surface area (Å²) in [5.41, 5.74) is 2.50. The van der Waals surface area contributed by atoms with Crippen molar-refractivity contribution in [3.8, 4) is 0 Å². The van der Waals surface area contributed by atoms with Crippen molar-refractivity contribution in [1.29, 1.82) is 0 Å². The molecule has 0 radical (unpaired) electrons. The highest BCUT2D eigenvalue weighted by atomic mass is 16.3. The van der Waals surface area contributed by atoms with Crippen LogP contribution in [-0.4, -0.2) is 16.2 Å². The first kappa shape index (κ1) is 9.34. The van der Waals surface area contributed by atoms with Gasteiger partial charge in [0.25, 0.3) is 0 Å². The van der Waals surface area contributed by atoms with Gasteiger partial charge in [-0.2, -0.15) is 0 Å². The third-order valence-electron chi connectivity index (χ3n) is 3.74. The Morgan fingerprint density at radius 2 is 2.27 bits per heavy atom. The molecule has 2 aliphatic rings. The van der Waals surface area contributed by atoms with Crippen LogP contribution < -0.4 is 0 Å². The van der Waals surface area contributed by atoms with E-state index in [0.29, 0.717) is 5.92 Å². The molecule has 2 atom stereocenters. The average Bonchev–Trinajstić information content (AvgIpc) is 2.96. The molecule has 1 aromatic heterocycles. The maximum atomic E-state index is 10.2. The summed E-state index contributed by atoms with van der Waals surface area (Å²) < 4.78 is 0. The predicted octanol–water partition coefficient (Wildman–Crippen LogP) is 2.27. The van der Waals surface area contributed by atoms with Gasteiger partial charge in [0.05, 0.1) is 6.10 Å². The standard InChI is InChI=1S/C13H17NO/c15-12(8-9-3-4-9)11-6-5-10-2-1-7-14-13(10)11/h1-2,7,9,11-12,15H,3-6,8H2. The molecular formula is C13H17NO. The molecule has 0 amide bonds. The fourth-order valence-corrected chi connectivity index (χ4v) is 2.68. The molecule has 3 rings (SSSR count). The smallest absolute Gasteiger partial charge is 0.0626 e. The molecule has 1 N–H and O–H groups in total. The highest BCUT2D eigenvalue weighted by Crippen LogP contribution is 2.40. The van der Waals surface area contributed by atoms with Gasteiger partial charge in [-0.05, 0) is 36.8 Å². The van der Waals surface area contributed by atoms with Crippen molar-refractivity contribution >= 4 is 0 Å². The second-order valence-electron chi connectivity index (χ2n) is 4.94. The molecule has 1 aromatic rings. The van der Waals surface area contributed by atoms with Crippen LogP contribution >= 0.6 is 0 Å². The second-order valence-corrected chi connectivity index (χ2v) is 4.94. The molecule has 0 spiro atoms. The predicted molar refractivity (Wildman–Crippen MR) is 58.6 cm³/mol. The van der Waals surface area contributed by atoms with E-state index in [9.17, 15) is 5.11 Å². The van der Waals surface area contributed by atoms with Crippen LogP contribution in [0.5, 0.6) is 0 Å². The average molecular weight is 203 g/mol. The van der Waals surface area contributed by atoms with Crippen molar-refractivity contribution in [2.24, 2.45) is 5.92 Å². The van der Waals surface area contributed by atoms with Crippen LogP contribution in [0.15, 0.2) is 18.3 Å². The van der Waals surface area contributed by atoms with Gasteiger partial charge in [0.1, 0.15) is 0 Å². The first-order valence-electron chi connectivity index (χ1n) is 5.96. The van der Waals surface area contributed by atoms with Crippen LogP contribution in [0.3, 0.4) is 0 Å². The summed E-state index contributed by atoms with van der Waals surface area (Å²) in [5.74, 6) is 1.11. The zero-order valence-electron chi connectivity index (χ0n) is 8.89. The molecule has 0 saturated heterocycles. The lowest BCUT2D eigenvalue weighted by atomic mass is 9.95. The van der Waals surface area contributed by atoms with E-state index in [1.807, 2.05) is 12.3 Å².